The number of benzene rings is 2. The molecule has 3 nitrogen and oxygen atoms in total. The van der Waals surface area contributed by atoms with Gasteiger partial charge in [0, 0.05) is 5.56 Å². The summed E-state index contributed by atoms with van der Waals surface area (Å²) in [7, 11) is 0. The third-order valence-corrected chi connectivity index (χ3v) is 2.57. The minimum absolute atomic E-state index is 0.120. The highest BCUT2D eigenvalue weighted by Gasteiger charge is 2.08. The van der Waals surface area contributed by atoms with Gasteiger partial charge in [0.1, 0.15) is 12.4 Å². The van der Waals surface area contributed by atoms with Crippen molar-refractivity contribution in [3.05, 3.63) is 71.0 Å². The number of ether oxygens (including phenoxy) is 1. The molecule has 0 aliphatic heterocycles. The van der Waals surface area contributed by atoms with Gasteiger partial charge in [-0.1, -0.05) is 18.2 Å². The van der Waals surface area contributed by atoms with Gasteiger partial charge in [0.25, 0.3) is 0 Å². The molecule has 94 valence electrons. The van der Waals surface area contributed by atoms with E-state index >= 15 is 0 Å². The van der Waals surface area contributed by atoms with Crippen molar-refractivity contribution in [3.8, 4) is 6.07 Å². The zero-order chi connectivity index (χ0) is 13.7. The van der Waals surface area contributed by atoms with E-state index in [2.05, 4.69) is 0 Å². The fourth-order valence-corrected chi connectivity index (χ4v) is 1.52. The first-order chi connectivity index (χ1) is 9.20. The Hall–Kier alpha value is -2.67. The number of carbonyl (C=O) groups is 1. The van der Waals surface area contributed by atoms with Crippen molar-refractivity contribution in [1.82, 2.24) is 0 Å². The quantitative estimate of drug-likeness (QED) is 0.792. The van der Waals surface area contributed by atoms with E-state index in [4.69, 9.17) is 10.00 Å². The van der Waals surface area contributed by atoms with Crippen LogP contribution in [-0.2, 0) is 11.3 Å². The van der Waals surface area contributed by atoms with Crippen LogP contribution in [0.5, 0.6) is 0 Å². The highest BCUT2D eigenvalue weighted by molar-refractivity contribution is 5.89. The van der Waals surface area contributed by atoms with Crippen LogP contribution in [0.4, 0.5) is 4.39 Å². The molecule has 0 aliphatic carbocycles. The maximum absolute atomic E-state index is 13.3. The molecular weight excluding hydrogens is 245 g/mol. The first-order valence-corrected chi connectivity index (χ1v) is 5.61. The first-order valence-electron chi connectivity index (χ1n) is 5.61. The molecule has 2 aromatic rings. The van der Waals surface area contributed by atoms with Gasteiger partial charge in [-0.15, -0.1) is 0 Å². The monoisotopic (exact) mass is 255 g/mol. The maximum Gasteiger partial charge on any atom is 0.338 e. The van der Waals surface area contributed by atoms with Gasteiger partial charge in [-0.25, -0.2) is 9.18 Å². The largest absolute Gasteiger partial charge is 0.457 e. The predicted octanol–water partition coefficient (Wildman–Crippen LogP) is 3.05. The van der Waals surface area contributed by atoms with E-state index in [0.717, 1.165) is 0 Å². The topological polar surface area (TPSA) is 50.1 Å². The smallest absolute Gasteiger partial charge is 0.338 e. The van der Waals surface area contributed by atoms with Crippen LogP contribution in [0.25, 0.3) is 0 Å². The lowest BCUT2D eigenvalue weighted by Crippen LogP contribution is -2.06. The number of hydrogen-bond acceptors (Lipinski definition) is 3. The summed E-state index contributed by atoms with van der Waals surface area (Å²) in [5.74, 6) is -0.956. The Morgan fingerprint density at radius 1 is 1.16 bits per heavy atom. The molecule has 0 saturated carbocycles. The summed E-state index contributed by atoms with van der Waals surface area (Å²) in [6.07, 6.45) is 0. The summed E-state index contributed by atoms with van der Waals surface area (Å²) in [5, 5.41) is 8.64. The zero-order valence-electron chi connectivity index (χ0n) is 9.97. The summed E-state index contributed by atoms with van der Waals surface area (Å²) >= 11 is 0. The van der Waals surface area contributed by atoms with Crippen LogP contribution < -0.4 is 0 Å². The van der Waals surface area contributed by atoms with Crippen molar-refractivity contribution in [2.24, 2.45) is 0 Å². The van der Waals surface area contributed by atoms with Gasteiger partial charge in [0.2, 0.25) is 0 Å². The van der Waals surface area contributed by atoms with Crippen molar-refractivity contribution in [2.45, 2.75) is 6.61 Å². The van der Waals surface area contributed by atoms with Crippen LogP contribution in [0.15, 0.2) is 48.5 Å². The van der Waals surface area contributed by atoms with Gasteiger partial charge in [0.15, 0.2) is 0 Å². The Balaban J connectivity index is 2.02. The van der Waals surface area contributed by atoms with E-state index in [1.165, 1.54) is 30.3 Å². The number of carbonyl (C=O) groups excluding carboxylic acids is 1. The van der Waals surface area contributed by atoms with E-state index in [1.54, 1.807) is 18.2 Å². The molecule has 0 N–H and O–H groups in total. The number of hydrogen-bond donors (Lipinski definition) is 0. The van der Waals surface area contributed by atoms with E-state index in [9.17, 15) is 9.18 Å². The molecule has 0 fully saturated rings. The molecule has 0 aromatic heterocycles. The second kappa shape index (κ2) is 5.78. The van der Waals surface area contributed by atoms with Crippen molar-refractivity contribution >= 4 is 5.97 Å². The lowest BCUT2D eigenvalue weighted by molar-refractivity contribution is 0.0469. The molecule has 0 spiro atoms. The highest BCUT2D eigenvalue weighted by Crippen LogP contribution is 2.10. The number of nitrogens with zero attached hydrogens (tertiary/aromatic N) is 1. The molecule has 0 radical (unpaired) electrons. The molecule has 0 unspecified atom stereocenters. The average Bonchev–Trinajstić information content (AvgIpc) is 2.46. The summed E-state index contributed by atoms with van der Waals surface area (Å²) in [5.41, 5.74) is 1.12. The Kier molecular flexibility index (Phi) is 3.89. The molecular formula is C15H10FNO2. The summed E-state index contributed by atoms with van der Waals surface area (Å²) in [4.78, 5) is 11.7. The van der Waals surface area contributed by atoms with Gasteiger partial charge in [-0.05, 0) is 30.3 Å². The Labute approximate surface area is 109 Å². The Morgan fingerprint density at radius 2 is 1.84 bits per heavy atom. The highest BCUT2D eigenvalue weighted by atomic mass is 19.1. The van der Waals surface area contributed by atoms with Crippen LogP contribution in [0.2, 0.25) is 0 Å². The molecule has 19 heavy (non-hydrogen) atoms. The number of nitriles is 1. The number of halogens is 1. The van der Waals surface area contributed by atoms with Gasteiger partial charge in [-0.3, -0.25) is 0 Å². The minimum Gasteiger partial charge on any atom is -0.457 e. The SMILES string of the molecule is N#Cc1ccc(C(=O)OCc2ccccc2F)cc1. The van der Waals surface area contributed by atoms with E-state index < -0.39 is 11.8 Å². The normalized spacial score (nSPS) is 9.68. The summed E-state index contributed by atoms with van der Waals surface area (Å²) < 4.78 is 18.3. The molecule has 0 atom stereocenters. The maximum atomic E-state index is 13.3. The fraction of sp³-hybridized carbons (Fsp3) is 0.0667. The number of rotatable bonds is 3. The number of esters is 1. The molecule has 2 rings (SSSR count). The van der Waals surface area contributed by atoms with Crippen molar-refractivity contribution in [1.29, 1.82) is 5.26 Å². The third kappa shape index (κ3) is 3.17. The standard InChI is InChI=1S/C15H10FNO2/c16-14-4-2-1-3-13(14)10-19-15(18)12-7-5-11(9-17)6-8-12/h1-8H,10H2. The van der Waals surface area contributed by atoms with Gasteiger partial charge < -0.3 is 4.74 Å². The molecule has 0 amide bonds. The second-order valence-electron chi connectivity index (χ2n) is 3.86. The van der Waals surface area contributed by atoms with Crippen molar-refractivity contribution < 1.29 is 13.9 Å². The van der Waals surface area contributed by atoms with Gasteiger partial charge in [-0.2, -0.15) is 5.26 Å². The predicted molar refractivity (Wildman–Crippen MR) is 66.7 cm³/mol. The van der Waals surface area contributed by atoms with Crippen molar-refractivity contribution in [2.75, 3.05) is 0 Å². The van der Waals surface area contributed by atoms with Crippen LogP contribution >= 0.6 is 0 Å². The molecule has 0 bridgehead atoms. The van der Waals surface area contributed by atoms with Crippen LogP contribution in [0, 0.1) is 17.1 Å². The van der Waals surface area contributed by atoms with Gasteiger partial charge in [0.05, 0.1) is 17.2 Å². The van der Waals surface area contributed by atoms with Crippen LogP contribution in [-0.4, -0.2) is 5.97 Å². The van der Waals surface area contributed by atoms with Crippen molar-refractivity contribution in [3.63, 3.8) is 0 Å². The lowest BCUT2D eigenvalue weighted by atomic mass is 10.1. The molecule has 4 heteroatoms. The van der Waals surface area contributed by atoms with Gasteiger partial charge >= 0.3 is 5.97 Å². The molecule has 0 heterocycles. The molecule has 0 saturated heterocycles. The molecule has 0 aliphatic rings. The Bertz CT molecular complexity index is 629. The van der Waals surface area contributed by atoms with E-state index in [0.29, 0.717) is 16.7 Å². The van der Waals surface area contributed by atoms with E-state index in [-0.39, 0.29) is 6.61 Å². The summed E-state index contributed by atoms with van der Waals surface area (Å²) in [6, 6.07) is 14.1. The zero-order valence-corrected chi connectivity index (χ0v) is 9.97. The molecule has 2 aromatic carbocycles. The van der Waals surface area contributed by atoms with Crippen LogP contribution in [0.1, 0.15) is 21.5 Å². The third-order valence-electron chi connectivity index (χ3n) is 2.57. The van der Waals surface area contributed by atoms with E-state index in [1.807, 2.05) is 6.07 Å². The van der Waals surface area contributed by atoms with Crippen LogP contribution in [0.3, 0.4) is 0 Å². The second-order valence-corrected chi connectivity index (χ2v) is 3.86. The summed E-state index contributed by atoms with van der Waals surface area (Å²) in [6.45, 7) is -0.120. The average molecular weight is 255 g/mol. The minimum atomic E-state index is -0.548. The first kappa shape index (κ1) is 12.8. The fourth-order valence-electron chi connectivity index (χ4n) is 1.52. The Morgan fingerprint density at radius 3 is 2.47 bits per heavy atom. The lowest BCUT2D eigenvalue weighted by Gasteiger charge is -2.05.